The van der Waals surface area contributed by atoms with E-state index in [1.165, 1.54) is 0 Å². The molecule has 2 aromatic heterocycles. The van der Waals surface area contributed by atoms with E-state index in [9.17, 15) is 10.4 Å². The number of halogens is 3. The highest BCUT2D eigenvalue weighted by Crippen LogP contribution is 2.46. The second-order valence-electron chi connectivity index (χ2n) is 10.2. The lowest BCUT2D eigenvalue weighted by Gasteiger charge is -2.39. The van der Waals surface area contributed by atoms with Crippen molar-refractivity contribution in [1.82, 2.24) is 10.1 Å². The van der Waals surface area contributed by atoms with Crippen LogP contribution in [0.4, 0.5) is 5.82 Å². The molecule has 2 aromatic carbocycles. The van der Waals surface area contributed by atoms with Gasteiger partial charge in [-0.2, -0.15) is 5.26 Å². The molecule has 1 N–H and O–H groups in total. The maximum Gasteiger partial charge on any atom is 0.147 e. The predicted molar refractivity (Wildman–Crippen MR) is 154 cm³/mol. The Morgan fingerprint density at radius 1 is 1.05 bits per heavy atom. The largest absolute Gasteiger partial charge is 0.489 e. The van der Waals surface area contributed by atoms with Gasteiger partial charge in [-0.3, -0.25) is 0 Å². The van der Waals surface area contributed by atoms with E-state index < -0.39 is 5.60 Å². The Balaban J connectivity index is 1.18. The van der Waals surface area contributed by atoms with Crippen LogP contribution in [-0.4, -0.2) is 28.3 Å². The van der Waals surface area contributed by atoms with Gasteiger partial charge in [-0.05, 0) is 62.1 Å². The zero-order valence-electron chi connectivity index (χ0n) is 21.4. The highest BCUT2D eigenvalue weighted by molar-refractivity contribution is 6.39. The van der Waals surface area contributed by atoms with Crippen molar-refractivity contribution in [2.45, 2.75) is 43.8 Å². The van der Waals surface area contributed by atoms with E-state index in [0.717, 1.165) is 30.0 Å². The topological polar surface area (TPSA) is 95.4 Å². The van der Waals surface area contributed by atoms with Gasteiger partial charge >= 0.3 is 0 Å². The van der Waals surface area contributed by atoms with Gasteiger partial charge in [0.25, 0.3) is 0 Å². The molecular formula is C30H25Cl3N4O3. The van der Waals surface area contributed by atoms with Crippen molar-refractivity contribution in [3.8, 4) is 23.1 Å². The zero-order valence-corrected chi connectivity index (χ0v) is 23.7. The highest BCUT2D eigenvalue weighted by atomic mass is 35.5. The van der Waals surface area contributed by atoms with Crippen LogP contribution in [0.25, 0.3) is 11.3 Å². The lowest BCUT2D eigenvalue weighted by atomic mass is 9.84. The Morgan fingerprint density at radius 3 is 2.48 bits per heavy atom. The van der Waals surface area contributed by atoms with Crippen LogP contribution in [0.5, 0.6) is 5.75 Å². The third-order valence-electron chi connectivity index (χ3n) is 7.58. The first-order valence-electron chi connectivity index (χ1n) is 13.1. The molecule has 0 amide bonds. The molecule has 204 valence electrons. The monoisotopic (exact) mass is 594 g/mol. The molecule has 0 spiro atoms. The van der Waals surface area contributed by atoms with Crippen LogP contribution in [0.3, 0.4) is 0 Å². The Bertz CT molecular complexity index is 1580. The summed E-state index contributed by atoms with van der Waals surface area (Å²) in [7, 11) is 0. The average Bonchev–Trinajstić information content (AvgIpc) is 3.72. The summed E-state index contributed by atoms with van der Waals surface area (Å²) in [5.74, 6) is 2.40. The second kappa shape index (κ2) is 10.9. The standard InChI is InChI=1S/C30H25Cl3N4O3/c31-23-2-1-3-24(32)27(23)28-21(29(40-36-28)19-4-5-19)17-39-20-6-7-22(25(33)15-20)30(38)9-12-37(13-10-30)26-14-18(16-34)8-11-35-26/h1-3,6-8,11,14-15,19,38H,4-5,9-10,12-13,17H2. The summed E-state index contributed by atoms with van der Waals surface area (Å²) in [5, 5.41) is 26.4. The maximum absolute atomic E-state index is 11.5. The van der Waals surface area contributed by atoms with E-state index in [-0.39, 0.29) is 6.61 Å². The van der Waals surface area contributed by atoms with Crippen molar-refractivity contribution in [2.75, 3.05) is 18.0 Å². The van der Waals surface area contributed by atoms with Crippen molar-refractivity contribution in [3.05, 3.63) is 92.2 Å². The Labute approximate surface area is 246 Å². The van der Waals surface area contributed by atoms with Gasteiger partial charge in [0.05, 0.1) is 37.9 Å². The number of benzene rings is 2. The summed E-state index contributed by atoms with van der Waals surface area (Å²) in [5.41, 5.74) is 2.15. The molecule has 40 heavy (non-hydrogen) atoms. The summed E-state index contributed by atoms with van der Waals surface area (Å²) < 4.78 is 11.9. The number of anilines is 1. The lowest BCUT2D eigenvalue weighted by molar-refractivity contribution is 0.0117. The van der Waals surface area contributed by atoms with Crippen molar-refractivity contribution in [1.29, 1.82) is 5.26 Å². The molecule has 1 aliphatic carbocycles. The number of pyridine rings is 1. The minimum Gasteiger partial charge on any atom is -0.489 e. The van der Waals surface area contributed by atoms with Crippen LogP contribution in [0, 0.1) is 11.3 Å². The number of ether oxygens (including phenoxy) is 1. The summed E-state index contributed by atoms with van der Waals surface area (Å²) in [4.78, 5) is 6.45. The zero-order chi connectivity index (χ0) is 27.9. The first-order chi connectivity index (χ1) is 19.4. The molecule has 7 nitrogen and oxygen atoms in total. The van der Waals surface area contributed by atoms with Crippen molar-refractivity contribution >= 4 is 40.6 Å². The maximum atomic E-state index is 11.5. The van der Waals surface area contributed by atoms with Crippen molar-refractivity contribution in [3.63, 3.8) is 0 Å². The molecule has 1 saturated heterocycles. The fourth-order valence-electron chi connectivity index (χ4n) is 5.20. The predicted octanol–water partition coefficient (Wildman–Crippen LogP) is 7.51. The summed E-state index contributed by atoms with van der Waals surface area (Å²) in [6.07, 6.45) is 4.64. The molecule has 0 atom stereocenters. The third kappa shape index (κ3) is 5.25. The van der Waals surface area contributed by atoms with Gasteiger partial charge in [0, 0.05) is 36.3 Å². The molecule has 0 unspecified atom stereocenters. The molecule has 4 aromatic rings. The van der Waals surface area contributed by atoms with E-state index in [1.54, 1.807) is 42.6 Å². The van der Waals surface area contributed by atoms with Crippen LogP contribution >= 0.6 is 34.8 Å². The molecule has 2 fully saturated rings. The van der Waals surface area contributed by atoms with Gasteiger partial charge in [-0.25, -0.2) is 4.98 Å². The Hall–Kier alpha value is -3.28. The van der Waals surface area contributed by atoms with E-state index in [0.29, 0.717) is 75.1 Å². The molecule has 0 bridgehead atoms. The molecule has 10 heteroatoms. The van der Waals surface area contributed by atoms with Gasteiger partial charge in [0.1, 0.15) is 29.6 Å². The lowest BCUT2D eigenvalue weighted by Crippen LogP contribution is -2.43. The fourth-order valence-corrected chi connectivity index (χ4v) is 6.13. The van der Waals surface area contributed by atoms with E-state index >= 15 is 0 Å². The molecule has 1 aliphatic heterocycles. The number of piperidine rings is 1. The third-order valence-corrected chi connectivity index (χ3v) is 8.52. The summed E-state index contributed by atoms with van der Waals surface area (Å²) in [6.45, 7) is 1.37. The van der Waals surface area contributed by atoms with Gasteiger partial charge in [0.15, 0.2) is 0 Å². The number of hydrogen-bond acceptors (Lipinski definition) is 7. The molecule has 1 saturated carbocycles. The van der Waals surface area contributed by atoms with Gasteiger partial charge in [0.2, 0.25) is 0 Å². The number of nitrogens with zero attached hydrogens (tertiary/aromatic N) is 4. The number of aromatic nitrogens is 2. The quantitative estimate of drug-likeness (QED) is 0.236. The Kier molecular flexibility index (Phi) is 7.37. The fraction of sp³-hybridized carbons (Fsp3) is 0.300. The summed E-state index contributed by atoms with van der Waals surface area (Å²) >= 11 is 19.6. The number of nitriles is 1. The number of hydrogen-bond donors (Lipinski definition) is 1. The van der Waals surface area contributed by atoms with E-state index in [2.05, 4.69) is 21.1 Å². The normalized spacial score (nSPS) is 16.5. The smallest absolute Gasteiger partial charge is 0.147 e. The summed E-state index contributed by atoms with van der Waals surface area (Å²) in [6, 6.07) is 16.3. The first-order valence-corrected chi connectivity index (χ1v) is 14.2. The number of aliphatic hydroxyl groups is 1. The van der Waals surface area contributed by atoms with Crippen LogP contribution in [-0.2, 0) is 12.2 Å². The molecule has 3 heterocycles. The minimum absolute atomic E-state index is 0.204. The van der Waals surface area contributed by atoms with Crippen molar-refractivity contribution in [2.24, 2.45) is 0 Å². The Morgan fingerprint density at radius 2 is 1.80 bits per heavy atom. The average molecular weight is 596 g/mol. The van der Waals surface area contributed by atoms with Crippen molar-refractivity contribution < 1.29 is 14.4 Å². The van der Waals surface area contributed by atoms with Crippen LogP contribution < -0.4 is 9.64 Å². The SMILES string of the molecule is N#Cc1ccnc(N2CCC(O)(c3ccc(OCc4c(-c5c(Cl)cccc5Cl)noc4C4CC4)cc3Cl)CC2)c1. The second-order valence-corrected chi connectivity index (χ2v) is 11.4. The van der Waals surface area contributed by atoms with Gasteiger partial charge in [-0.15, -0.1) is 0 Å². The van der Waals surface area contributed by atoms with Crippen LogP contribution in [0.15, 0.2) is 59.3 Å². The van der Waals surface area contributed by atoms with Gasteiger partial charge < -0.3 is 19.3 Å². The number of rotatable bonds is 7. The van der Waals surface area contributed by atoms with E-state index in [1.807, 2.05) is 12.1 Å². The van der Waals surface area contributed by atoms with Crippen LogP contribution in [0.1, 0.15) is 54.1 Å². The van der Waals surface area contributed by atoms with E-state index in [4.69, 9.17) is 44.1 Å². The minimum atomic E-state index is -1.08. The highest BCUT2D eigenvalue weighted by Gasteiger charge is 2.37. The molecular weight excluding hydrogens is 571 g/mol. The molecule has 0 radical (unpaired) electrons. The molecule has 2 aliphatic rings. The molecule has 6 rings (SSSR count). The van der Waals surface area contributed by atoms with Gasteiger partial charge in [-0.1, -0.05) is 52.1 Å². The first kappa shape index (κ1) is 26.9. The van der Waals surface area contributed by atoms with Crippen LogP contribution in [0.2, 0.25) is 15.1 Å².